The predicted molar refractivity (Wildman–Crippen MR) is 169 cm³/mol. The fourth-order valence-electron chi connectivity index (χ4n) is 3.60. The highest BCUT2D eigenvalue weighted by molar-refractivity contribution is 5.84. The van der Waals surface area contributed by atoms with Crippen molar-refractivity contribution in [3.63, 3.8) is 0 Å². The fourth-order valence-corrected chi connectivity index (χ4v) is 3.60. The molecule has 0 fully saturated rings. The summed E-state index contributed by atoms with van der Waals surface area (Å²) < 4.78 is 2.29. The summed E-state index contributed by atoms with van der Waals surface area (Å²) in [6, 6.07) is 4.97. The molecule has 2 aromatic rings. The number of fused-ring (bicyclic) bond motifs is 1. The highest BCUT2D eigenvalue weighted by Crippen LogP contribution is 2.26. The molecule has 0 unspecified atom stereocenters. The molecule has 0 saturated carbocycles. The van der Waals surface area contributed by atoms with Crippen molar-refractivity contribution < 1.29 is 0 Å². The Morgan fingerprint density at radius 3 is 2.22 bits per heavy atom. The van der Waals surface area contributed by atoms with Crippen LogP contribution in [0, 0.1) is 13.8 Å². The van der Waals surface area contributed by atoms with Crippen molar-refractivity contribution in [2.24, 2.45) is 10.7 Å². The zero-order chi connectivity index (χ0) is 28.8. The van der Waals surface area contributed by atoms with Crippen molar-refractivity contribution in [3.8, 4) is 0 Å². The highest BCUT2D eigenvalue weighted by Gasteiger charge is 2.15. The summed E-state index contributed by atoms with van der Waals surface area (Å²) in [4.78, 5) is 9.70. The number of aliphatic imine (C=N–C) groups is 1. The van der Waals surface area contributed by atoms with Crippen LogP contribution in [0.15, 0.2) is 41.7 Å². The number of hydrogen-bond donors (Lipinski definition) is 3. The first-order valence-corrected chi connectivity index (χ1v) is 14.3. The molecule has 1 aromatic heterocycles. The van der Waals surface area contributed by atoms with Gasteiger partial charge in [0.2, 0.25) is 5.95 Å². The van der Waals surface area contributed by atoms with Gasteiger partial charge in [-0.25, -0.2) is 4.98 Å². The lowest BCUT2D eigenvalue weighted by atomic mass is 10.1. The van der Waals surface area contributed by atoms with Crippen LogP contribution in [0.3, 0.4) is 0 Å². The van der Waals surface area contributed by atoms with E-state index in [9.17, 15) is 0 Å². The molecule has 1 aromatic carbocycles. The van der Waals surface area contributed by atoms with Crippen molar-refractivity contribution in [2.75, 3.05) is 18.4 Å². The average molecular weight is 515 g/mol. The third-order valence-electron chi connectivity index (χ3n) is 4.92. The van der Waals surface area contributed by atoms with E-state index in [4.69, 9.17) is 9.98 Å². The third kappa shape index (κ3) is 14.7. The maximum atomic E-state index is 4.93. The molecule has 0 amide bonds. The maximum absolute atomic E-state index is 4.93. The van der Waals surface area contributed by atoms with Crippen molar-refractivity contribution in [1.29, 1.82) is 0 Å². The summed E-state index contributed by atoms with van der Waals surface area (Å²) in [5.74, 6) is 0.947. The van der Waals surface area contributed by atoms with E-state index in [1.54, 1.807) is 0 Å². The second-order valence-electron chi connectivity index (χ2n) is 8.88. The zero-order valence-electron chi connectivity index (χ0n) is 26.0. The molecule has 0 atom stereocenters. The molecule has 1 aliphatic heterocycles. The van der Waals surface area contributed by atoms with Crippen LogP contribution in [0.1, 0.15) is 99.1 Å². The van der Waals surface area contributed by atoms with Crippen molar-refractivity contribution >= 4 is 22.7 Å². The van der Waals surface area contributed by atoms with E-state index in [1.807, 2.05) is 27.7 Å². The number of aromatic nitrogens is 2. The molecule has 6 heteroatoms. The van der Waals surface area contributed by atoms with Crippen LogP contribution in [0.4, 0.5) is 5.95 Å². The van der Waals surface area contributed by atoms with E-state index in [-0.39, 0.29) is 0 Å². The molecule has 0 aliphatic carbocycles. The second-order valence-corrected chi connectivity index (χ2v) is 8.88. The number of rotatable bonds is 8. The van der Waals surface area contributed by atoms with Crippen LogP contribution in [-0.4, -0.2) is 34.4 Å². The van der Waals surface area contributed by atoms with Gasteiger partial charge in [0.15, 0.2) is 0 Å². The lowest BCUT2D eigenvalue weighted by Crippen LogP contribution is -2.25. The topological polar surface area (TPSA) is 80.3 Å². The first kappa shape index (κ1) is 36.6. The average Bonchev–Trinajstić information content (AvgIpc) is 3.20. The number of nitrogens with two attached hydrogens (primary N) is 1. The lowest BCUT2D eigenvalue weighted by molar-refractivity contribution is 0.577. The molecule has 4 N–H and O–H groups in total. The minimum absolute atomic E-state index is 0.527. The van der Waals surface area contributed by atoms with Gasteiger partial charge in [-0.15, -0.1) is 0 Å². The summed E-state index contributed by atoms with van der Waals surface area (Å²) in [6.45, 7) is 28.8. The minimum Gasteiger partial charge on any atom is -0.405 e. The Morgan fingerprint density at radius 1 is 1.08 bits per heavy atom. The predicted octanol–water partition coefficient (Wildman–Crippen LogP) is 8.15. The Kier molecular flexibility index (Phi) is 22.3. The Hall–Kier alpha value is -2.60. The largest absolute Gasteiger partial charge is 0.405 e. The lowest BCUT2D eigenvalue weighted by Gasteiger charge is -2.15. The molecule has 3 rings (SSSR count). The fraction of sp³-hybridized carbons (Fsp3) is 0.613. The van der Waals surface area contributed by atoms with Crippen LogP contribution >= 0.6 is 0 Å². The molecule has 0 spiro atoms. The summed E-state index contributed by atoms with van der Waals surface area (Å²) >= 11 is 0. The molecule has 1 aliphatic rings. The Balaban J connectivity index is 0. The number of aryl methyl sites for hydroxylation is 2. The summed E-state index contributed by atoms with van der Waals surface area (Å²) in [7, 11) is 0. The highest BCUT2D eigenvalue weighted by atomic mass is 15.2. The van der Waals surface area contributed by atoms with Gasteiger partial charge in [0.1, 0.15) is 0 Å². The van der Waals surface area contributed by atoms with Gasteiger partial charge >= 0.3 is 0 Å². The van der Waals surface area contributed by atoms with Crippen molar-refractivity contribution in [2.45, 2.75) is 114 Å². The molecule has 0 radical (unpaired) electrons. The third-order valence-corrected chi connectivity index (χ3v) is 4.92. The van der Waals surface area contributed by atoms with Crippen LogP contribution in [0.25, 0.3) is 11.0 Å². The van der Waals surface area contributed by atoms with E-state index in [0.717, 1.165) is 56.1 Å². The number of imidazole rings is 1. The first-order valence-electron chi connectivity index (χ1n) is 14.3. The van der Waals surface area contributed by atoms with E-state index < -0.39 is 0 Å². The molecule has 0 bridgehead atoms. The molecule has 0 saturated heterocycles. The molecule has 2 heterocycles. The Morgan fingerprint density at radius 2 is 1.68 bits per heavy atom. The van der Waals surface area contributed by atoms with Gasteiger partial charge in [-0.3, -0.25) is 4.99 Å². The van der Waals surface area contributed by atoms with E-state index >= 15 is 0 Å². The summed E-state index contributed by atoms with van der Waals surface area (Å²) in [6.07, 6.45) is 7.98. The van der Waals surface area contributed by atoms with Gasteiger partial charge in [0, 0.05) is 18.3 Å². The number of allylic oxidation sites excluding steroid dienone is 2. The first-order chi connectivity index (χ1) is 17.8. The van der Waals surface area contributed by atoms with Gasteiger partial charge < -0.3 is 20.9 Å². The number of benzene rings is 1. The standard InChI is InChI=1S/C22H33N5.C3H8.C2H5N.2C2H6/c1-15(2)23-10-7-11-24-22-26-21-17(4)12-16(3)13-20(21)27(22)14-19-9-6-8-18(5)25-19;1-3-2;1-2-3;2*1-2/h9,12-13,15,23H,6-8,10-11,14H2,1-5H3,(H,24,26);3H2,1-2H3;2H,1,3H2;2*1-2H3. The quantitative estimate of drug-likeness (QED) is 0.310. The molecular formula is C31H58N6. The van der Waals surface area contributed by atoms with Crippen molar-refractivity contribution in [3.05, 3.63) is 47.8 Å². The van der Waals surface area contributed by atoms with E-state index in [2.05, 4.69) is 94.2 Å². The molecule has 212 valence electrons. The monoisotopic (exact) mass is 514 g/mol. The van der Waals surface area contributed by atoms with Crippen LogP contribution in [0.2, 0.25) is 0 Å². The SMILES string of the molecule is C=CN.CC.CC.CC1=NC(Cn2c(NCCCNC(C)C)nc3c(C)cc(C)cc32)=CCC1.CCC. The number of nitrogens with zero attached hydrogens (tertiary/aromatic N) is 3. The zero-order valence-corrected chi connectivity index (χ0v) is 26.0. The van der Waals surface area contributed by atoms with E-state index in [0.29, 0.717) is 6.04 Å². The number of anilines is 1. The van der Waals surface area contributed by atoms with Crippen LogP contribution in [0.5, 0.6) is 0 Å². The van der Waals surface area contributed by atoms with Crippen LogP contribution < -0.4 is 16.4 Å². The smallest absolute Gasteiger partial charge is 0.204 e. The summed E-state index contributed by atoms with van der Waals surface area (Å²) in [5.41, 5.74) is 11.7. The number of nitrogens with one attached hydrogen (secondary N) is 2. The molecule has 6 nitrogen and oxygen atoms in total. The van der Waals surface area contributed by atoms with Crippen molar-refractivity contribution in [1.82, 2.24) is 14.9 Å². The van der Waals surface area contributed by atoms with Crippen LogP contribution in [-0.2, 0) is 6.54 Å². The van der Waals surface area contributed by atoms with E-state index in [1.165, 1.54) is 35.0 Å². The van der Waals surface area contributed by atoms with Gasteiger partial charge in [-0.1, -0.05) is 80.5 Å². The second kappa shape index (κ2) is 22.6. The summed E-state index contributed by atoms with van der Waals surface area (Å²) in [5, 5.41) is 7.03. The minimum atomic E-state index is 0.527. The number of hydrogen-bond acceptors (Lipinski definition) is 5. The molecule has 37 heavy (non-hydrogen) atoms. The molecular weight excluding hydrogens is 456 g/mol. The Labute approximate surface area is 228 Å². The maximum Gasteiger partial charge on any atom is 0.204 e. The van der Waals surface area contributed by atoms with Gasteiger partial charge in [0.25, 0.3) is 0 Å². The van der Waals surface area contributed by atoms with Gasteiger partial charge in [-0.2, -0.15) is 0 Å². The van der Waals surface area contributed by atoms with Gasteiger partial charge in [0.05, 0.1) is 23.3 Å². The van der Waals surface area contributed by atoms with Gasteiger partial charge in [-0.05, 0) is 70.0 Å². The Bertz CT molecular complexity index is 921. The normalized spacial score (nSPS) is 11.8.